The Morgan fingerprint density at radius 3 is 2.52 bits per heavy atom. The predicted molar refractivity (Wildman–Crippen MR) is 92.6 cm³/mol. The summed E-state index contributed by atoms with van der Waals surface area (Å²) in [5.41, 5.74) is 1.27. The highest BCUT2D eigenvalue weighted by molar-refractivity contribution is 6.28. The van der Waals surface area contributed by atoms with Crippen molar-refractivity contribution in [1.29, 1.82) is 0 Å². The van der Waals surface area contributed by atoms with E-state index in [1.165, 1.54) is 0 Å². The molecular formula is C17H23ClN4O3. The fourth-order valence-electron chi connectivity index (χ4n) is 3.85. The molecule has 3 aliphatic rings. The van der Waals surface area contributed by atoms with E-state index in [0.717, 1.165) is 29.9 Å². The Morgan fingerprint density at radius 2 is 1.88 bits per heavy atom. The minimum atomic E-state index is -0.526. The van der Waals surface area contributed by atoms with Crippen LogP contribution in [0.1, 0.15) is 44.9 Å². The summed E-state index contributed by atoms with van der Waals surface area (Å²) in [4.78, 5) is 25.3. The number of ether oxygens (including phenoxy) is 2. The Labute approximate surface area is 152 Å². The SMILES string of the molecule is CC(C)(C)OC(=O)N1Cc2nc(Cl)nc(N3C4CCC3COC4)c2C1. The second-order valence-corrected chi connectivity index (χ2v) is 8.25. The van der Waals surface area contributed by atoms with Crippen LogP contribution in [-0.4, -0.2) is 51.9 Å². The minimum Gasteiger partial charge on any atom is -0.444 e. The lowest BCUT2D eigenvalue weighted by Crippen LogP contribution is -2.47. The summed E-state index contributed by atoms with van der Waals surface area (Å²) in [7, 11) is 0. The molecule has 0 spiro atoms. The molecule has 1 amide bonds. The van der Waals surface area contributed by atoms with Crippen LogP contribution in [0, 0.1) is 0 Å². The van der Waals surface area contributed by atoms with Gasteiger partial charge in [-0.3, -0.25) is 4.90 Å². The Morgan fingerprint density at radius 1 is 1.20 bits per heavy atom. The molecule has 2 atom stereocenters. The molecule has 1 aromatic heterocycles. The fraction of sp³-hybridized carbons (Fsp3) is 0.706. The lowest BCUT2D eigenvalue weighted by molar-refractivity contribution is 0.0240. The summed E-state index contributed by atoms with van der Waals surface area (Å²) in [5, 5.41) is 0.227. The van der Waals surface area contributed by atoms with Gasteiger partial charge in [-0.05, 0) is 45.2 Å². The fourth-order valence-corrected chi connectivity index (χ4v) is 4.03. The summed E-state index contributed by atoms with van der Waals surface area (Å²) in [6.45, 7) is 7.86. The molecule has 4 rings (SSSR count). The van der Waals surface area contributed by atoms with Gasteiger partial charge in [0.2, 0.25) is 5.28 Å². The first-order valence-corrected chi connectivity index (χ1v) is 9.09. The molecule has 0 radical (unpaired) electrons. The summed E-state index contributed by atoms with van der Waals surface area (Å²) < 4.78 is 11.2. The number of hydrogen-bond acceptors (Lipinski definition) is 6. The predicted octanol–water partition coefficient (Wildman–Crippen LogP) is 2.75. The van der Waals surface area contributed by atoms with Crippen LogP contribution in [0.2, 0.25) is 5.28 Å². The maximum absolute atomic E-state index is 12.4. The molecule has 7 nitrogen and oxygen atoms in total. The summed E-state index contributed by atoms with van der Waals surface area (Å²) in [6, 6.07) is 0.647. The molecule has 0 N–H and O–H groups in total. The van der Waals surface area contributed by atoms with E-state index in [0.29, 0.717) is 38.4 Å². The molecule has 136 valence electrons. The highest BCUT2D eigenvalue weighted by Gasteiger charge is 2.41. The average molecular weight is 367 g/mol. The maximum Gasteiger partial charge on any atom is 0.410 e. The highest BCUT2D eigenvalue weighted by atomic mass is 35.5. The van der Waals surface area contributed by atoms with Crippen LogP contribution in [0.25, 0.3) is 0 Å². The third kappa shape index (κ3) is 3.15. The van der Waals surface area contributed by atoms with Crippen LogP contribution in [-0.2, 0) is 22.6 Å². The van der Waals surface area contributed by atoms with Gasteiger partial charge in [0.05, 0.1) is 44.1 Å². The van der Waals surface area contributed by atoms with Crippen LogP contribution < -0.4 is 4.90 Å². The van der Waals surface area contributed by atoms with Gasteiger partial charge in [-0.15, -0.1) is 0 Å². The molecule has 2 saturated heterocycles. The van der Waals surface area contributed by atoms with Crippen LogP contribution in [0.15, 0.2) is 0 Å². The number of carbonyl (C=O) groups excluding carboxylic acids is 1. The number of hydrogen-bond donors (Lipinski definition) is 0. The average Bonchev–Trinajstić information content (AvgIpc) is 3.03. The van der Waals surface area contributed by atoms with Crippen molar-refractivity contribution in [3.8, 4) is 0 Å². The topological polar surface area (TPSA) is 67.8 Å². The van der Waals surface area contributed by atoms with Crippen LogP contribution in [0.4, 0.5) is 10.6 Å². The first-order valence-electron chi connectivity index (χ1n) is 8.71. The van der Waals surface area contributed by atoms with Crippen LogP contribution in [0.3, 0.4) is 0 Å². The van der Waals surface area contributed by atoms with Gasteiger partial charge in [0, 0.05) is 5.56 Å². The zero-order valence-corrected chi connectivity index (χ0v) is 15.5. The lowest BCUT2D eigenvalue weighted by Gasteiger charge is -2.36. The molecule has 8 heteroatoms. The van der Waals surface area contributed by atoms with Gasteiger partial charge in [0.15, 0.2) is 0 Å². The minimum absolute atomic E-state index is 0.227. The van der Waals surface area contributed by atoms with Gasteiger partial charge in [0.25, 0.3) is 0 Å². The molecule has 2 unspecified atom stereocenters. The van der Waals surface area contributed by atoms with E-state index >= 15 is 0 Å². The van der Waals surface area contributed by atoms with Crippen LogP contribution in [0.5, 0.6) is 0 Å². The number of carbonyl (C=O) groups is 1. The molecule has 0 saturated carbocycles. The molecule has 1 aromatic rings. The van der Waals surface area contributed by atoms with E-state index in [1.807, 2.05) is 20.8 Å². The quantitative estimate of drug-likeness (QED) is 0.712. The molecular weight excluding hydrogens is 344 g/mol. The van der Waals surface area contributed by atoms with Crippen molar-refractivity contribution in [2.24, 2.45) is 0 Å². The molecule has 3 aliphatic heterocycles. The normalized spacial score (nSPS) is 25.3. The van der Waals surface area contributed by atoms with Crippen molar-refractivity contribution >= 4 is 23.5 Å². The first kappa shape index (κ1) is 16.8. The van der Waals surface area contributed by atoms with E-state index < -0.39 is 5.60 Å². The number of morpholine rings is 1. The monoisotopic (exact) mass is 366 g/mol. The smallest absolute Gasteiger partial charge is 0.410 e. The Bertz CT molecular complexity index is 690. The van der Waals surface area contributed by atoms with Crippen molar-refractivity contribution in [2.75, 3.05) is 18.1 Å². The number of aromatic nitrogens is 2. The van der Waals surface area contributed by atoms with Crippen LogP contribution >= 0.6 is 11.6 Å². The van der Waals surface area contributed by atoms with Gasteiger partial charge >= 0.3 is 6.09 Å². The van der Waals surface area contributed by atoms with Gasteiger partial charge in [0.1, 0.15) is 11.4 Å². The number of nitrogens with zero attached hydrogens (tertiary/aromatic N) is 4. The van der Waals surface area contributed by atoms with E-state index in [9.17, 15) is 4.79 Å². The molecule has 0 aliphatic carbocycles. The number of rotatable bonds is 1. The molecule has 25 heavy (non-hydrogen) atoms. The third-order valence-electron chi connectivity index (χ3n) is 4.87. The van der Waals surface area contributed by atoms with Crippen molar-refractivity contribution < 1.29 is 14.3 Å². The first-order chi connectivity index (χ1) is 11.8. The van der Waals surface area contributed by atoms with Gasteiger partial charge in [-0.1, -0.05) is 0 Å². The zero-order chi connectivity index (χ0) is 17.8. The van der Waals surface area contributed by atoms with E-state index in [2.05, 4.69) is 14.9 Å². The zero-order valence-electron chi connectivity index (χ0n) is 14.8. The molecule has 4 heterocycles. The Balaban J connectivity index is 1.62. The largest absolute Gasteiger partial charge is 0.444 e. The Kier molecular flexibility index (Phi) is 4.03. The van der Waals surface area contributed by atoms with Crippen molar-refractivity contribution in [3.63, 3.8) is 0 Å². The summed E-state index contributed by atoms with van der Waals surface area (Å²) in [6.07, 6.45) is 1.85. The highest BCUT2D eigenvalue weighted by Crippen LogP contribution is 2.38. The summed E-state index contributed by atoms with van der Waals surface area (Å²) in [5.74, 6) is 0.858. The van der Waals surface area contributed by atoms with Gasteiger partial charge in [-0.2, -0.15) is 0 Å². The standard InChI is InChI=1S/C17H23ClN4O3/c1-17(2,3)25-16(23)21-6-12-13(7-21)19-15(18)20-14(12)22-10-4-5-11(22)9-24-8-10/h10-11H,4-9H2,1-3H3. The molecule has 2 fully saturated rings. The number of halogens is 1. The second kappa shape index (κ2) is 5.99. The maximum atomic E-state index is 12.4. The molecule has 2 bridgehead atoms. The van der Waals surface area contributed by atoms with Gasteiger partial charge in [-0.25, -0.2) is 14.8 Å². The van der Waals surface area contributed by atoms with Crippen molar-refractivity contribution in [1.82, 2.24) is 14.9 Å². The number of amides is 1. The van der Waals surface area contributed by atoms with Gasteiger partial charge < -0.3 is 14.4 Å². The second-order valence-electron chi connectivity index (χ2n) is 7.91. The van der Waals surface area contributed by atoms with E-state index in [4.69, 9.17) is 21.1 Å². The van der Waals surface area contributed by atoms with E-state index in [-0.39, 0.29) is 11.4 Å². The number of fused-ring (bicyclic) bond motifs is 3. The molecule has 0 aromatic carbocycles. The lowest BCUT2D eigenvalue weighted by atomic mass is 10.2. The number of anilines is 1. The van der Waals surface area contributed by atoms with Crippen molar-refractivity contribution in [3.05, 3.63) is 16.5 Å². The summed E-state index contributed by atoms with van der Waals surface area (Å²) >= 11 is 6.18. The van der Waals surface area contributed by atoms with Crippen molar-refractivity contribution in [2.45, 2.75) is 64.4 Å². The third-order valence-corrected chi connectivity index (χ3v) is 5.04. The van der Waals surface area contributed by atoms with E-state index in [1.54, 1.807) is 4.90 Å². The Hall–Kier alpha value is -1.60.